The molecule has 2 aromatic rings. The maximum Gasteiger partial charge on any atom is 0.255 e. The molecule has 20 heavy (non-hydrogen) atoms. The Morgan fingerprint density at radius 1 is 1.25 bits per heavy atom. The molecular weight excluding hydrogens is 256 g/mol. The van der Waals surface area contributed by atoms with E-state index in [1.54, 1.807) is 38.1 Å². The van der Waals surface area contributed by atoms with Crippen molar-refractivity contribution < 1.29 is 14.0 Å². The molecule has 0 saturated carbocycles. The summed E-state index contributed by atoms with van der Waals surface area (Å²) in [5, 5.41) is 2.78. The molecule has 104 valence electrons. The van der Waals surface area contributed by atoms with Crippen LogP contribution < -0.4 is 11.1 Å². The summed E-state index contributed by atoms with van der Waals surface area (Å²) in [6, 6.07) is 8.55. The zero-order chi connectivity index (χ0) is 14.7. The fourth-order valence-corrected chi connectivity index (χ4v) is 1.97. The van der Waals surface area contributed by atoms with Gasteiger partial charge in [-0.05, 0) is 37.6 Å². The Morgan fingerprint density at radius 2 is 2.00 bits per heavy atom. The second-order valence-corrected chi connectivity index (χ2v) is 4.57. The summed E-state index contributed by atoms with van der Waals surface area (Å²) in [5.41, 5.74) is 6.97. The van der Waals surface area contributed by atoms with Crippen molar-refractivity contribution in [3.63, 3.8) is 0 Å². The van der Waals surface area contributed by atoms with Crippen LogP contribution >= 0.6 is 0 Å². The van der Waals surface area contributed by atoms with Gasteiger partial charge in [0.15, 0.2) is 0 Å². The number of rotatable bonds is 4. The summed E-state index contributed by atoms with van der Waals surface area (Å²) in [5.74, 6) is 0.595. The molecule has 0 aliphatic rings. The number of primary amides is 1. The van der Waals surface area contributed by atoms with Crippen LogP contribution in [-0.4, -0.2) is 11.8 Å². The Bertz CT molecular complexity index is 659. The quantitative estimate of drug-likeness (QED) is 0.891. The highest BCUT2D eigenvalue weighted by Gasteiger charge is 2.13. The smallest absolute Gasteiger partial charge is 0.255 e. The van der Waals surface area contributed by atoms with E-state index in [4.69, 9.17) is 10.2 Å². The molecule has 0 fully saturated rings. The Kier molecular flexibility index (Phi) is 3.89. The lowest BCUT2D eigenvalue weighted by atomic mass is 10.1. The normalized spacial score (nSPS) is 10.3. The first kappa shape index (κ1) is 13.9. The highest BCUT2D eigenvalue weighted by molar-refractivity contribution is 5.95. The van der Waals surface area contributed by atoms with Gasteiger partial charge in [0.05, 0.1) is 5.56 Å². The minimum absolute atomic E-state index is 0.205. The Morgan fingerprint density at radius 3 is 2.60 bits per heavy atom. The molecule has 0 atom stereocenters. The van der Waals surface area contributed by atoms with E-state index >= 15 is 0 Å². The van der Waals surface area contributed by atoms with Crippen LogP contribution in [0.25, 0.3) is 0 Å². The van der Waals surface area contributed by atoms with Crippen LogP contribution in [0.4, 0.5) is 0 Å². The van der Waals surface area contributed by atoms with Gasteiger partial charge in [-0.1, -0.05) is 12.1 Å². The highest BCUT2D eigenvalue weighted by atomic mass is 16.3. The van der Waals surface area contributed by atoms with Gasteiger partial charge >= 0.3 is 0 Å². The molecule has 5 nitrogen and oxygen atoms in total. The SMILES string of the molecule is Cc1cc(C(=O)NCc2cccc(C(N)=O)c2)c(C)o1. The molecule has 0 aliphatic heterocycles. The predicted molar refractivity (Wildman–Crippen MR) is 74.3 cm³/mol. The van der Waals surface area contributed by atoms with E-state index in [2.05, 4.69) is 5.32 Å². The fraction of sp³-hybridized carbons (Fsp3) is 0.200. The van der Waals surface area contributed by atoms with Gasteiger partial charge in [-0.25, -0.2) is 0 Å². The lowest BCUT2D eigenvalue weighted by molar-refractivity contribution is 0.0948. The lowest BCUT2D eigenvalue weighted by Crippen LogP contribution is -2.23. The van der Waals surface area contributed by atoms with E-state index in [-0.39, 0.29) is 5.91 Å². The minimum atomic E-state index is -0.487. The molecule has 0 radical (unpaired) electrons. The molecule has 0 spiro atoms. The van der Waals surface area contributed by atoms with Crippen LogP contribution in [0.5, 0.6) is 0 Å². The first-order valence-corrected chi connectivity index (χ1v) is 6.21. The van der Waals surface area contributed by atoms with Crippen molar-refractivity contribution >= 4 is 11.8 Å². The van der Waals surface area contributed by atoms with Crippen LogP contribution in [0.1, 0.15) is 37.8 Å². The Labute approximate surface area is 116 Å². The summed E-state index contributed by atoms with van der Waals surface area (Å²) < 4.78 is 5.32. The lowest BCUT2D eigenvalue weighted by Gasteiger charge is -2.05. The maximum absolute atomic E-state index is 12.0. The zero-order valence-corrected chi connectivity index (χ0v) is 11.4. The van der Waals surface area contributed by atoms with Crippen molar-refractivity contribution in [3.8, 4) is 0 Å². The molecule has 0 unspecified atom stereocenters. The molecule has 2 rings (SSSR count). The molecule has 1 aromatic carbocycles. The number of furan rings is 1. The number of hydrogen-bond acceptors (Lipinski definition) is 3. The monoisotopic (exact) mass is 272 g/mol. The van der Waals surface area contributed by atoms with E-state index < -0.39 is 5.91 Å². The van der Waals surface area contributed by atoms with E-state index in [9.17, 15) is 9.59 Å². The van der Waals surface area contributed by atoms with E-state index in [1.807, 2.05) is 6.07 Å². The van der Waals surface area contributed by atoms with Gasteiger partial charge in [-0.15, -0.1) is 0 Å². The minimum Gasteiger partial charge on any atom is -0.466 e. The topological polar surface area (TPSA) is 85.3 Å². The number of amides is 2. The van der Waals surface area contributed by atoms with Gasteiger partial charge in [-0.3, -0.25) is 9.59 Å². The third-order valence-corrected chi connectivity index (χ3v) is 2.95. The Hall–Kier alpha value is -2.56. The van der Waals surface area contributed by atoms with E-state index in [1.165, 1.54) is 0 Å². The first-order chi connectivity index (χ1) is 9.47. The molecule has 3 N–H and O–H groups in total. The van der Waals surface area contributed by atoms with E-state index in [0.717, 1.165) is 5.56 Å². The maximum atomic E-state index is 12.0. The number of aryl methyl sites for hydroxylation is 2. The van der Waals surface area contributed by atoms with Gasteiger partial charge in [0.25, 0.3) is 5.91 Å². The summed E-state index contributed by atoms with van der Waals surface area (Å²) in [7, 11) is 0. The van der Waals surface area contributed by atoms with Gasteiger partial charge in [0.2, 0.25) is 5.91 Å². The third kappa shape index (κ3) is 3.06. The van der Waals surface area contributed by atoms with Gasteiger partial charge in [0, 0.05) is 12.1 Å². The zero-order valence-electron chi connectivity index (χ0n) is 11.4. The van der Waals surface area contributed by atoms with E-state index in [0.29, 0.717) is 29.2 Å². The number of carbonyl (C=O) groups excluding carboxylic acids is 2. The van der Waals surface area contributed by atoms with Crippen molar-refractivity contribution in [2.24, 2.45) is 5.73 Å². The molecule has 1 aromatic heterocycles. The van der Waals surface area contributed by atoms with Crippen LogP contribution in [0, 0.1) is 13.8 Å². The largest absolute Gasteiger partial charge is 0.466 e. The van der Waals surface area contributed by atoms with Crippen LogP contribution in [-0.2, 0) is 6.54 Å². The average Bonchev–Trinajstić information content (AvgIpc) is 2.75. The second kappa shape index (κ2) is 5.61. The number of carbonyl (C=O) groups is 2. The molecule has 5 heteroatoms. The number of nitrogens with one attached hydrogen (secondary N) is 1. The van der Waals surface area contributed by atoms with Gasteiger partial charge < -0.3 is 15.5 Å². The predicted octanol–water partition coefficient (Wildman–Crippen LogP) is 1.93. The van der Waals surface area contributed by atoms with Gasteiger partial charge in [0.1, 0.15) is 11.5 Å². The van der Waals surface area contributed by atoms with Crippen LogP contribution in [0.2, 0.25) is 0 Å². The molecule has 2 amide bonds. The van der Waals surface area contributed by atoms with Crippen LogP contribution in [0.3, 0.4) is 0 Å². The molecule has 0 aliphatic carbocycles. The Balaban J connectivity index is 2.05. The molecular formula is C15H16N2O3. The van der Waals surface area contributed by atoms with Crippen molar-refractivity contribution in [2.45, 2.75) is 20.4 Å². The third-order valence-electron chi connectivity index (χ3n) is 2.95. The molecule has 0 bridgehead atoms. The van der Waals surface area contributed by atoms with Crippen molar-refractivity contribution in [1.29, 1.82) is 0 Å². The summed E-state index contributed by atoms with van der Waals surface area (Å²) in [4.78, 5) is 23.1. The standard InChI is InChI=1S/C15H16N2O3/c1-9-6-13(10(2)20-9)15(19)17-8-11-4-3-5-12(7-11)14(16)18/h3-7H,8H2,1-2H3,(H2,16,18)(H,17,19). The fourth-order valence-electron chi connectivity index (χ4n) is 1.97. The number of hydrogen-bond donors (Lipinski definition) is 2. The van der Waals surface area contributed by atoms with Crippen molar-refractivity contribution in [1.82, 2.24) is 5.32 Å². The summed E-state index contributed by atoms with van der Waals surface area (Å²) >= 11 is 0. The highest BCUT2D eigenvalue weighted by Crippen LogP contribution is 2.13. The average molecular weight is 272 g/mol. The number of nitrogens with two attached hydrogens (primary N) is 1. The van der Waals surface area contributed by atoms with Crippen molar-refractivity contribution in [2.75, 3.05) is 0 Å². The first-order valence-electron chi connectivity index (χ1n) is 6.21. The summed E-state index contributed by atoms with van der Waals surface area (Å²) in [6.07, 6.45) is 0. The summed E-state index contributed by atoms with van der Waals surface area (Å²) in [6.45, 7) is 3.86. The van der Waals surface area contributed by atoms with Crippen molar-refractivity contribution in [3.05, 3.63) is 58.5 Å². The van der Waals surface area contributed by atoms with Gasteiger partial charge in [-0.2, -0.15) is 0 Å². The molecule has 0 saturated heterocycles. The van der Waals surface area contributed by atoms with Crippen LogP contribution in [0.15, 0.2) is 34.7 Å². The second-order valence-electron chi connectivity index (χ2n) is 4.57. The molecule has 1 heterocycles. The number of benzene rings is 1.